The van der Waals surface area contributed by atoms with Gasteiger partial charge >= 0.3 is 5.97 Å². The van der Waals surface area contributed by atoms with Crippen LogP contribution in [-0.2, 0) is 20.9 Å². The number of carbonyl (C=O) groups is 2. The van der Waals surface area contributed by atoms with E-state index in [1.165, 1.54) is 6.08 Å². The summed E-state index contributed by atoms with van der Waals surface area (Å²) < 4.78 is 6.83. The van der Waals surface area contributed by atoms with Crippen molar-refractivity contribution in [2.45, 2.75) is 46.7 Å². The largest absolute Gasteiger partial charge is 0.452 e. The molecule has 2 aromatic rings. The van der Waals surface area contributed by atoms with E-state index in [2.05, 4.69) is 10.4 Å². The third kappa shape index (κ3) is 5.96. The lowest BCUT2D eigenvalue weighted by atomic mass is 10.1. The predicted molar refractivity (Wildman–Crippen MR) is 110 cm³/mol. The van der Waals surface area contributed by atoms with Gasteiger partial charge in [0.05, 0.1) is 12.2 Å². The van der Waals surface area contributed by atoms with Crippen molar-refractivity contribution in [2.75, 3.05) is 6.61 Å². The van der Waals surface area contributed by atoms with Gasteiger partial charge in [-0.05, 0) is 44.9 Å². The maximum Gasteiger partial charge on any atom is 0.331 e. The molecule has 0 aliphatic heterocycles. The summed E-state index contributed by atoms with van der Waals surface area (Å²) in [5.74, 6) is -0.882. The summed E-state index contributed by atoms with van der Waals surface area (Å²) in [6, 6.07) is 7.67. The average molecular weight is 404 g/mol. The maximum absolute atomic E-state index is 11.9. The second-order valence-electron chi connectivity index (χ2n) is 6.65. The molecule has 0 saturated carbocycles. The number of aromatic nitrogens is 2. The van der Waals surface area contributed by atoms with Gasteiger partial charge in [0, 0.05) is 28.4 Å². The van der Waals surface area contributed by atoms with Gasteiger partial charge in [-0.3, -0.25) is 9.48 Å². The van der Waals surface area contributed by atoms with E-state index in [4.69, 9.17) is 16.3 Å². The molecule has 28 heavy (non-hydrogen) atoms. The lowest BCUT2D eigenvalue weighted by Gasteiger charge is -2.10. The quantitative estimate of drug-likeness (QED) is 0.539. The first-order valence-electron chi connectivity index (χ1n) is 9.23. The lowest BCUT2D eigenvalue weighted by Crippen LogP contribution is -2.35. The number of amides is 1. The number of rotatable bonds is 8. The minimum absolute atomic E-state index is 0.0519. The van der Waals surface area contributed by atoms with Crippen LogP contribution in [-0.4, -0.2) is 34.3 Å². The van der Waals surface area contributed by atoms with Gasteiger partial charge in [-0.2, -0.15) is 5.10 Å². The van der Waals surface area contributed by atoms with E-state index in [1.807, 2.05) is 56.6 Å². The Hall–Kier alpha value is -2.60. The molecule has 0 aliphatic carbocycles. The van der Waals surface area contributed by atoms with E-state index in [-0.39, 0.29) is 18.6 Å². The summed E-state index contributed by atoms with van der Waals surface area (Å²) in [4.78, 5) is 23.6. The highest BCUT2D eigenvalue weighted by Crippen LogP contribution is 2.20. The second-order valence-corrected chi connectivity index (χ2v) is 7.06. The predicted octanol–water partition coefficient (Wildman–Crippen LogP) is 3.67. The molecule has 150 valence electrons. The number of esters is 1. The molecule has 1 atom stereocenters. The molecule has 0 radical (unpaired) electrons. The van der Waals surface area contributed by atoms with Crippen LogP contribution in [0.3, 0.4) is 0 Å². The highest BCUT2D eigenvalue weighted by Gasteiger charge is 2.12. The molecule has 0 aliphatic rings. The average Bonchev–Trinajstić information content (AvgIpc) is 2.93. The standard InChI is InChI=1S/C21H26ClN3O3/c1-5-14(2)23-20(26)13-28-21(27)11-10-18-15(3)24-25(16(18)4)12-17-8-6-7-9-19(17)22/h6-11,14H,5,12-13H2,1-4H3,(H,23,26)/b11-10+/t14-/m0/s1. The Morgan fingerprint density at radius 3 is 2.71 bits per heavy atom. The van der Waals surface area contributed by atoms with E-state index in [1.54, 1.807) is 6.08 Å². The topological polar surface area (TPSA) is 73.2 Å². The van der Waals surface area contributed by atoms with Crippen molar-refractivity contribution in [1.29, 1.82) is 0 Å². The summed E-state index contributed by atoms with van der Waals surface area (Å²) in [5.41, 5.74) is 3.52. The molecule has 1 aromatic carbocycles. The van der Waals surface area contributed by atoms with Crippen molar-refractivity contribution in [3.05, 3.63) is 57.9 Å². The van der Waals surface area contributed by atoms with Gasteiger partial charge in [0.15, 0.2) is 6.61 Å². The van der Waals surface area contributed by atoms with Gasteiger partial charge in [-0.15, -0.1) is 0 Å². The third-order valence-electron chi connectivity index (χ3n) is 4.47. The number of nitrogens with zero attached hydrogens (tertiary/aromatic N) is 2. The molecule has 1 heterocycles. The van der Waals surface area contributed by atoms with Crippen LogP contribution in [0.2, 0.25) is 5.02 Å². The number of hydrogen-bond donors (Lipinski definition) is 1. The number of halogens is 1. The molecule has 0 spiro atoms. The van der Waals surface area contributed by atoms with Crippen LogP contribution in [0, 0.1) is 13.8 Å². The van der Waals surface area contributed by atoms with Gasteiger partial charge < -0.3 is 10.1 Å². The normalized spacial score (nSPS) is 12.2. The lowest BCUT2D eigenvalue weighted by molar-refractivity contribution is -0.144. The molecule has 6 nitrogen and oxygen atoms in total. The van der Waals surface area contributed by atoms with Crippen molar-refractivity contribution in [1.82, 2.24) is 15.1 Å². The van der Waals surface area contributed by atoms with Crippen LogP contribution in [0.15, 0.2) is 30.3 Å². The number of aryl methyl sites for hydroxylation is 1. The van der Waals surface area contributed by atoms with Gasteiger partial charge in [-0.1, -0.05) is 36.7 Å². The summed E-state index contributed by atoms with van der Waals surface area (Å²) in [5, 5.41) is 7.96. The van der Waals surface area contributed by atoms with E-state index in [9.17, 15) is 9.59 Å². The Kier molecular flexibility index (Phi) is 7.81. The zero-order valence-electron chi connectivity index (χ0n) is 16.7. The van der Waals surface area contributed by atoms with Crippen LogP contribution in [0.1, 0.15) is 42.8 Å². The van der Waals surface area contributed by atoms with Crippen molar-refractivity contribution in [3.8, 4) is 0 Å². The summed E-state index contributed by atoms with van der Waals surface area (Å²) in [6.07, 6.45) is 3.79. The van der Waals surface area contributed by atoms with Crippen molar-refractivity contribution in [3.63, 3.8) is 0 Å². The number of benzene rings is 1. The van der Waals surface area contributed by atoms with Crippen LogP contribution in [0.25, 0.3) is 6.08 Å². The zero-order valence-corrected chi connectivity index (χ0v) is 17.4. The minimum atomic E-state index is -0.572. The Balaban J connectivity index is 2.00. The van der Waals surface area contributed by atoms with Crippen LogP contribution >= 0.6 is 11.6 Å². The van der Waals surface area contributed by atoms with Crippen LogP contribution < -0.4 is 5.32 Å². The number of nitrogens with one attached hydrogen (secondary N) is 1. The first-order valence-corrected chi connectivity index (χ1v) is 9.61. The van der Waals surface area contributed by atoms with Gasteiger partial charge in [0.25, 0.3) is 5.91 Å². The summed E-state index contributed by atoms with van der Waals surface area (Å²) in [7, 11) is 0. The molecule has 0 unspecified atom stereocenters. The first-order chi connectivity index (χ1) is 13.3. The monoisotopic (exact) mass is 403 g/mol. The molecule has 7 heteroatoms. The Morgan fingerprint density at radius 1 is 1.32 bits per heavy atom. The highest BCUT2D eigenvalue weighted by atomic mass is 35.5. The number of ether oxygens (including phenoxy) is 1. The SMILES string of the molecule is CC[C@H](C)NC(=O)COC(=O)/C=C/c1c(C)nn(Cc2ccccc2Cl)c1C. The Labute approximate surface area is 170 Å². The van der Waals surface area contributed by atoms with E-state index < -0.39 is 5.97 Å². The van der Waals surface area contributed by atoms with Gasteiger partial charge in [-0.25, -0.2) is 4.79 Å². The molecular formula is C21H26ClN3O3. The fraction of sp³-hybridized carbons (Fsp3) is 0.381. The summed E-state index contributed by atoms with van der Waals surface area (Å²) >= 11 is 6.23. The molecule has 2 rings (SSSR count). The minimum Gasteiger partial charge on any atom is -0.452 e. The van der Waals surface area contributed by atoms with E-state index in [0.29, 0.717) is 11.6 Å². The van der Waals surface area contributed by atoms with Crippen molar-refractivity contribution in [2.24, 2.45) is 0 Å². The number of carbonyl (C=O) groups excluding carboxylic acids is 2. The van der Waals surface area contributed by atoms with Crippen LogP contribution in [0.4, 0.5) is 0 Å². The molecule has 1 aromatic heterocycles. The Morgan fingerprint density at radius 2 is 2.04 bits per heavy atom. The molecule has 1 amide bonds. The first kappa shape index (κ1) is 21.7. The van der Waals surface area contributed by atoms with E-state index >= 15 is 0 Å². The highest BCUT2D eigenvalue weighted by molar-refractivity contribution is 6.31. The van der Waals surface area contributed by atoms with Crippen molar-refractivity contribution < 1.29 is 14.3 Å². The molecular weight excluding hydrogens is 378 g/mol. The second kappa shape index (κ2) is 10.1. The third-order valence-corrected chi connectivity index (χ3v) is 4.84. The van der Waals surface area contributed by atoms with Crippen molar-refractivity contribution >= 4 is 29.6 Å². The van der Waals surface area contributed by atoms with Gasteiger partial charge in [0.2, 0.25) is 0 Å². The smallest absolute Gasteiger partial charge is 0.331 e. The molecule has 0 bridgehead atoms. The van der Waals surface area contributed by atoms with E-state index in [0.717, 1.165) is 28.9 Å². The fourth-order valence-electron chi connectivity index (χ4n) is 2.65. The molecule has 0 fully saturated rings. The van der Waals surface area contributed by atoms with Gasteiger partial charge in [0.1, 0.15) is 0 Å². The zero-order chi connectivity index (χ0) is 20.7. The fourth-order valence-corrected chi connectivity index (χ4v) is 2.84. The van der Waals surface area contributed by atoms with Crippen LogP contribution in [0.5, 0.6) is 0 Å². The summed E-state index contributed by atoms with van der Waals surface area (Å²) in [6.45, 7) is 7.92. The molecule has 0 saturated heterocycles. The number of hydrogen-bond acceptors (Lipinski definition) is 4. The Bertz CT molecular complexity index is 874. The maximum atomic E-state index is 11.9. The molecule has 1 N–H and O–H groups in total.